The highest BCUT2D eigenvalue weighted by atomic mass is 16.6. The van der Waals surface area contributed by atoms with Crippen LogP contribution in [0.3, 0.4) is 0 Å². The summed E-state index contributed by atoms with van der Waals surface area (Å²) in [6.07, 6.45) is 1.03. The van der Waals surface area contributed by atoms with Gasteiger partial charge in [-0.05, 0) is 26.0 Å². The van der Waals surface area contributed by atoms with Crippen LogP contribution in [0.25, 0.3) is 0 Å². The maximum Gasteiger partial charge on any atom is 0.291 e. The zero-order valence-corrected chi connectivity index (χ0v) is 12.8. The topological polar surface area (TPSA) is 64.8 Å². The maximum absolute atomic E-state index is 12.5. The monoisotopic (exact) mass is 302 g/mol. The van der Waals surface area contributed by atoms with Crippen LogP contribution in [-0.4, -0.2) is 41.6 Å². The van der Waals surface area contributed by atoms with Crippen LogP contribution in [0.15, 0.2) is 35.1 Å². The number of nitrogens with zero attached hydrogens (tertiary/aromatic N) is 2. The summed E-state index contributed by atoms with van der Waals surface area (Å²) in [6.45, 7) is 4.06. The lowest BCUT2D eigenvalue weighted by atomic mass is 10.1. The maximum atomic E-state index is 12.5. The van der Waals surface area contributed by atoms with Crippen molar-refractivity contribution in [1.29, 1.82) is 0 Å². The molecule has 2 heterocycles. The molecule has 1 aliphatic heterocycles. The molecule has 1 aromatic carbocycles. The van der Waals surface area contributed by atoms with E-state index in [1.54, 1.807) is 18.9 Å². The van der Waals surface area contributed by atoms with Gasteiger partial charge in [-0.25, -0.2) is 4.98 Å². The van der Waals surface area contributed by atoms with Gasteiger partial charge in [0.05, 0.1) is 11.7 Å². The Bertz CT molecular complexity index is 682. The van der Waals surface area contributed by atoms with E-state index in [0.717, 1.165) is 5.75 Å². The number of rotatable bonds is 3. The van der Waals surface area contributed by atoms with Crippen LogP contribution in [0.2, 0.25) is 0 Å². The summed E-state index contributed by atoms with van der Waals surface area (Å²) < 4.78 is 16.8. The molecule has 2 atom stereocenters. The molecule has 6 nitrogen and oxygen atoms in total. The summed E-state index contributed by atoms with van der Waals surface area (Å²) in [4.78, 5) is 18.0. The number of likely N-dealkylation sites (N-methyl/N-ethyl adjacent to an activating group) is 1. The first-order valence-corrected chi connectivity index (χ1v) is 7.13. The molecule has 0 fully saturated rings. The number of amides is 1. The third-order valence-corrected chi connectivity index (χ3v) is 3.94. The fourth-order valence-corrected chi connectivity index (χ4v) is 2.38. The van der Waals surface area contributed by atoms with Gasteiger partial charge in [0.2, 0.25) is 5.76 Å². The van der Waals surface area contributed by atoms with Crippen molar-refractivity contribution in [3.63, 3.8) is 0 Å². The first-order chi connectivity index (χ1) is 10.6. The zero-order chi connectivity index (χ0) is 15.7. The van der Waals surface area contributed by atoms with E-state index < -0.39 is 0 Å². The largest absolute Gasteiger partial charge is 0.486 e. The third-order valence-electron chi connectivity index (χ3n) is 3.94. The van der Waals surface area contributed by atoms with Gasteiger partial charge in [0.15, 0.2) is 24.0 Å². The van der Waals surface area contributed by atoms with Crippen LogP contribution >= 0.6 is 0 Å². The average Bonchev–Trinajstić information content (AvgIpc) is 2.98. The van der Waals surface area contributed by atoms with E-state index in [4.69, 9.17) is 13.9 Å². The van der Waals surface area contributed by atoms with Crippen molar-refractivity contribution in [3.8, 4) is 11.5 Å². The van der Waals surface area contributed by atoms with E-state index in [2.05, 4.69) is 4.98 Å². The highest BCUT2D eigenvalue weighted by Gasteiger charge is 2.32. The van der Waals surface area contributed by atoms with Crippen LogP contribution in [0.5, 0.6) is 11.5 Å². The summed E-state index contributed by atoms with van der Waals surface area (Å²) in [5.41, 5.74) is 0.579. The Balaban J connectivity index is 1.73. The molecule has 0 aliphatic carbocycles. The number of hydrogen-bond donors (Lipinski definition) is 0. The van der Waals surface area contributed by atoms with Gasteiger partial charge in [-0.2, -0.15) is 0 Å². The van der Waals surface area contributed by atoms with E-state index in [9.17, 15) is 4.79 Å². The molecule has 0 bridgehead atoms. The van der Waals surface area contributed by atoms with E-state index in [1.165, 1.54) is 6.39 Å². The lowest BCUT2D eigenvalue weighted by molar-refractivity contribution is 0.0246. The second-order valence-corrected chi connectivity index (χ2v) is 5.34. The molecular formula is C16H18N2O4. The summed E-state index contributed by atoms with van der Waals surface area (Å²) >= 11 is 0. The van der Waals surface area contributed by atoms with Crippen LogP contribution in [0.4, 0.5) is 0 Å². The highest BCUT2D eigenvalue weighted by molar-refractivity contribution is 5.92. The first kappa shape index (κ1) is 14.4. The number of oxazole rings is 1. The molecule has 2 aromatic rings. The van der Waals surface area contributed by atoms with Gasteiger partial charge in [0.1, 0.15) is 6.61 Å². The molecule has 6 heteroatoms. The van der Waals surface area contributed by atoms with Gasteiger partial charge in [0, 0.05) is 7.05 Å². The van der Waals surface area contributed by atoms with Gasteiger partial charge >= 0.3 is 0 Å². The predicted molar refractivity (Wildman–Crippen MR) is 79.1 cm³/mol. The average molecular weight is 302 g/mol. The minimum absolute atomic E-state index is 0.176. The first-order valence-electron chi connectivity index (χ1n) is 7.13. The lowest BCUT2D eigenvalue weighted by Crippen LogP contribution is -2.49. The van der Waals surface area contributed by atoms with Crippen molar-refractivity contribution in [2.75, 3.05) is 13.7 Å². The number of aromatic nitrogens is 1. The molecule has 0 spiro atoms. The third kappa shape index (κ3) is 2.52. The molecule has 1 amide bonds. The van der Waals surface area contributed by atoms with E-state index in [1.807, 2.05) is 31.2 Å². The molecule has 0 saturated heterocycles. The van der Waals surface area contributed by atoms with Crippen LogP contribution in [-0.2, 0) is 0 Å². The van der Waals surface area contributed by atoms with E-state index in [-0.39, 0.29) is 23.8 Å². The SMILES string of the molecule is Cc1ncoc1C(=O)N(C)[C@@H](C)[C@H]1COc2ccccc2O1. The Labute approximate surface area is 128 Å². The molecule has 3 rings (SSSR count). The number of aryl methyl sites for hydroxylation is 1. The van der Waals surface area contributed by atoms with Crippen molar-refractivity contribution >= 4 is 5.91 Å². The predicted octanol–water partition coefficient (Wildman–Crippen LogP) is 2.28. The number of carbonyl (C=O) groups excluding carboxylic acids is 1. The number of para-hydroxylation sites is 2. The number of ether oxygens (including phenoxy) is 2. The molecule has 0 saturated carbocycles. The number of carbonyl (C=O) groups is 1. The standard InChI is InChI=1S/C16H18N2O4/c1-10-15(21-9-17-10)16(19)18(3)11(2)14-8-20-12-6-4-5-7-13(12)22-14/h4-7,9,11,14H,8H2,1-3H3/t11-,14+/m0/s1. The summed E-state index contributed by atoms with van der Waals surface area (Å²) in [6, 6.07) is 7.33. The van der Waals surface area contributed by atoms with Gasteiger partial charge in [-0.3, -0.25) is 4.79 Å². The Hall–Kier alpha value is -2.50. The number of benzene rings is 1. The number of fused-ring (bicyclic) bond motifs is 1. The quantitative estimate of drug-likeness (QED) is 0.870. The zero-order valence-electron chi connectivity index (χ0n) is 12.8. The Kier molecular flexibility index (Phi) is 3.75. The molecule has 1 aromatic heterocycles. The molecule has 0 N–H and O–H groups in total. The molecule has 22 heavy (non-hydrogen) atoms. The van der Waals surface area contributed by atoms with Crippen molar-refractivity contribution in [1.82, 2.24) is 9.88 Å². The van der Waals surface area contributed by atoms with Gasteiger partial charge in [-0.1, -0.05) is 12.1 Å². The molecule has 1 aliphatic rings. The van der Waals surface area contributed by atoms with Crippen LogP contribution < -0.4 is 9.47 Å². The van der Waals surface area contributed by atoms with Crippen LogP contribution in [0.1, 0.15) is 23.2 Å². The summed E-state index contributed by atoms with van der Waals surface area (Å²) in [5.74, 6) is 1.46. The van der Waals surface area contributed by atoms with E-state index >= 15 is 0 Å². The second-order valence-electron chi connectivity index (χ2n) is 5.34. The molecular weight excluding hydrogens is 284 g/mol. The molecule has 0 unspecified atom stereocenters. The normalized spacial score (nSPS) is 17.9. The van der Waals surface area contributed by atoms with Crippen molar-refractivity contribution < 1.29 is 18.7 Å². The second kappa shape index (κ2) is 5.71. The smallest absolute Gasteiger partial charge is 0.291 e. The van der Waals surface area contributed by atoms with Gasteiger partial charge in [-0.15, -0.1) is 0 Å². The summed E-state index contributed by atoms with van der Waals surface area (Å²) in [7, 11) is 1.72. The minimum Gasteiger partial charge on any atom is -0.486 e. The Morgan fingerprint density at radius 1 is 1.36 bits per heavy atom. The fourth-order valence-electron chi connectivity index (χ4n) is 2.38. The van der Waals surface area contributed by atoms with Gasteiger partial charge in [0.25, 0.3) is 5.91 Å². The van der Waals surface area contributed by atoms with Crippen molar-refractivity contribution in [3.05, 3.63) is 42.1 Å². The Morgan fingerprint density at radius 2 is 2.09 bits per heavy atom. The van der Waals surface area contributed by atoms with Gasteiger partial charge < -0.3 is 18.8 Å². The number of hydrogen-bond acceptors (Lipinski definition) is 5. The minimum atomic E-state index is -0.243. The van der Waals surface area contributed by atoms with Crippen LogP contribution in [0, 0.1) is 6.92 Å². The van der Waals surface area contributed by atoms with E-state index in [0.29, 0.717) is 18.1 Å². The molecule has 0 radical (unpaired) electrons. The fraction of sp³-hybridized carbons (Fsp3) is 0.375. The lowest BCUT2D eigenvalue weighted by Gasteiger charge is -2.34. The summed E-state index contributed by atoms with van der Waals surface area (Å²) in [5, 5.41) is 0. The highest BCUT2D eigenvalue weighted by Crippen LogP contribution is 2.32. The Morgan fingerprint density at radius 3 is 2.77 bits per heavy atom. The van der Waals surface area contributed by atoms with Crippen molar-refractivity contribution in [2.24, 2.45) is 0 Å². The van der Waals surface area contributed by atoms with Crippen molar-refractivity contribution in [2.45, 2.75) is 26.0 Å². The molecule has 116 valence electrons.